The molecule has 2 aromatic heterocycles. The molecule has 1 fully saturated rings. The van der Waals surface area contributed by atoms with E-state index in [4.69, 9.17) is 9.47 Å². The predicted molar refractivity (Wildman–Crippen MR) is 133 cm³/mol. The van der Waals surface area contributed by atoms with Crippen LogP contribution in [0.5, 0.6) is 11.5 Å². The highest BCUT2D eigenvalue weighted by Gasteiger charge is 2.44. The second-order valence-electron chi connectivity index (χ2n) is 9.33. The fourth-order valence-electron chi connectivity index (χ4n) is 4.79. The van der Waals surface area contributed by atoms with Gasteiger partial charge >= 0.3 is 0 Å². The minimum Gasteiger partial charge on any atom is -0.871 e. The van der Waals surface area contributed by atoms with Gasteiger partial charge in [-0.3, -0.25) is 9.59 Å². The van der Waals surface area contributed by atoms with Crippen LogP contribution in [0.2, 0.25) is 0 Å². The molecule has 3 heterocycles. The Morgan fingerprint density at radius 3 is 2.50 bits per heavy atom. The number of aryl methyl sites for hydroxylation is 2. The van der Waals surface area contributed by atoms with Crippen LogP contribution in [0.3, 0.4) is 0 Å². The van der Waals surface area contributed by atoms with Gasteiger partial charge in [0.15, 0.2) is 11.5 Å². The molecule has 1 N–H and O–H groups in total. The number of benzene rings is 1. The lowest BCUT2D eigenvalue weighted by molar-refractivity contribution is -0.858. The van der Waals surface area contributed by atoms with Crippen molar-refractivity contribution in [1.29, 1.82) is 0 Å². The smallest absolute Gasteiger partial charge is 0.295 e. The number of ether oxygens (including phenoxy) is 2. The molecule has 0 aliphatic carbocycles. The molecule has 0 saturated carbocycles. The van der Waals surface area contributed by atoms with Gasteiger partial charge in [0.1, 0.15) is 5.65 Å². The topological polar surface area (TPSA) is 101 Å². The van der Waals surface area contributed by atoms with E-state index in [2.05, 4.69) is 4.98 Å². The van der Waals surface area contributed by atoms with E-state index in [1.165, 1.54) is 24.0 Å². The molecule has 1 atom stereocenters. The molecule has 0 spiro atoms. The molecule has 3 aromatic rings. The van der Waals surface area contributed by atoms with E-state index in [-0.39, 0.29) is 11.3 Å². The fraction of sp³-hybridized carbons (Fsp3) is 0.370. The number of likely N-dealkylation sites (tertiary alicyclic amines) is 1. The number of pyridine rings is 1. The summed E-state index contributed by atoms with van der Waals surface area (Å²) in [5.74, 6) is -0.980. The Morgan fingerprint density at radius 1 is 1.11 bits per heavy atom. The highest BCUT2D eigenvalue weighted by atomic mass is 16.5. The molecule has 1 aliphatic rings. The molecule has 1 aliphatic heterocycles. The van der Waals surface area contributed by atoms with E-state index in [1.807, 2.05) is 33.2 Å². The summed E-state index contributed by atoms with van der Waals surface area (Å²) in [6, 6.07) is 8.10. The van der Waals surface area contributed by atoms with Gasteiger partial charge in [-0.25, -0.2) is 4.98 Å². The van der Waals surface area contributed by atoms with Gasteiger partial charge in [0.25, 0.3) is 5.91 Å². The van der Waals surface area contributed by atoms with Crippen LogP contribution in [-0.4, -0.2) is 67.4 Å². The maximum absolute atomic E-state index is 14.0. The Kier molecular flexibility index (Phi) is 7.03. The molecular formula is C27H32N4O5. The number of Topliss-reactive ketones (excluding diaryl/α,β-unsaturated/α-hetero) is 1. The largest absolute Gasteiger partial charge is 0.871 e. The van der Waals surface area contributed by atoms with Gasteiger partial charge in [-0.2, -0.15) is 0 Å². The van der Waals surface area contributed by atoms with Crippen LogP contribution in [0.25, 0.3) is 11.4 Å². The quantitative estimate of drug-likeness (QED) is 0.283. The van der Waals surface area contributed by atoms with E-state index >= 15 is 0 Å². The van der Waals surface area contributed by atoms with Crippen molar-refractivity contribution >= 4 is 23.1 Å². The third-order valence-corrected chi connectivity index (χ3v) is 6.56. The summed E-state index contributed by atoms with van der Waals surface area (Å²) in [4.78, 5) is 33.9. The summed E-state index contributed by atoms with van der Waals surface area (Å²) in [6.45, 7) is 4.81. The normalized spacial score (nSPS) is 17.4. The number of imidazole rings is 1. The van der Waals surface area contributed by atoms with Crippen molar-refractivity contribution in [3.8, 4) is 11.5 Å². The SMILES string of the molecule is COc1ccc(C2C(=C([O-])c3c(C)nc4c(C)cccn34)C(=O)C(=O)N2CCC[NH+](C)C)cc1OC. The van der Waals surface area contributed by atoms with Crippen LogP contribution < -0.4 is 19.5 Å². The molecule has 1 unspecified atom stereocenters. The highest BCUT2D eigenvalue weighted by Crippen LogP contribution is 2.41. The van der Waals surface area contributed by atoms with E-state index in [0.717, 1.165) is 12.1 Å². The van der Waals surface area contributed by atoms with E-state index in [9.17, 15) is 14.7 Å². The standard InChI is InChI=1S/C27H32N4O5/c1-16-9-7-13-30-22(17(2)28-26(16)30)24(32)21-23(18-10-11-19(35-5)20(15-18)36-6)31(27(34)25(21)33)14-8-12-29(3)4/h7,9-11,13,15,23,32H,8,12,14H2,1-6H3. The highest BCUT2D eigenvalue weighted by molar-refractivity contribution is 6.46. The van der Waals surface area contributed by atoms with Crippen LogP contribution in [0, 0.1) is 13.8 Å². The zero-order valence-corrected chi connectivity index (χ0v) is 21.5. The molecule has 4 rings (SSSR count). The Morgan fingerprint density at radius 2 is 1.83 bits per heavy atom. The second-order valence-corrected chi connectivity index (χ2v) is 9.33. The van der Waals surface area contributed by atoms with Crippen molar-refractivity contribution in [2.75, 3.05) is 41.4 Å². The van der Waals surface area contributed by atoms with Gasteiger partial charge in [0, 0.05) is 24.7 Å². The van der Waals surface area contributed by atoms with Crippen LogP contribution >= 0.6 is 0 Å². The predicted octanol–water partition coefficient (Wildman–Crippen LogP) is 0.727. The Labute approximate surface area is 210 Å². The number of methoxy groups -OCH3 is 2. The lowest BCUT2D eigenvalue weighted by Gasteiger charge is -2.28. The van der Waals surface area contributed by atoms with Crippen molar-refractivity contribution in [2.45, 2.75) is 26.3 Å². The first-order valence-corrected chi connectivity index (χ1v) is 11.9. The van der Waals surface area contributed by atoms with Crippen molar-refractivity contribution in [1.82, 2.24) is 14.3 Å². The van der Waals surface area contributed by atoms with Crippen LogP contribution in [0.15, 0.2) is 42.1 Å². The molecule has 36 heavy (non-hydrogen) atoms. The van der Waals surface area contributed by atoms with E-state index < -0.39 is 23.5 Å². The number of fused-ring (bicyclic) bond motifs is 1. The van der Waals surface area contributed by atoms with Gasteiger partial charge in [0.2, 0.25) is 5.78 Å². The van der Waals surface area contributed by atoms with Crippen molar-refractivity contribution in [3.63, 3.8) is 0 Å². The van der Waals surface area contributed by atoms with Crippen LogP contribution in [0.1, 0.15) is 35.0 Å². The van der Waals surface area contributed by atoms with Crippen LogP contribution in [-0.2, 0) is 9.59 Å². The zero-order chi connectivity index (χ0) is 26.1. The first-order chi connectivity index (χ1) is 17.2. The minimum atomic E-state index is -0.843. The van der Waals surface area contributed by atoms with Gasteiger partial charge in [-0.15, -0.1) is 0 Å². The molecule has 0 radical (unpaired) electrons. The molecule has 1 amide bonds. The third kappa shape index (κ3) is 4.30. The molecule has 190 valence electrons. The maximum Gasteiger partial charge on any atom is 0.295 e. The minimum absolute atomic E-state index is 0.0733. The Hall–Kier alpha value is -3.85. The number of quaternary nitrogens is 1. The number of nitrogens with one attached hydrogen (secondary N) is 1. The van der Waals surface area contributed by atoms with E-state index in [1.54, 1.807) is 35.7 Å². The van der Waals surface area contributed by atoms with Gasteiger partial charge in [-0.1, -0.05) is 17.9 Å². The summed E-state index contributed by atoms with van der Waals surface area (Å²) in [6.07, 6.45) is 2.43. The summed E-state index contributed by atoms with van der Waals surface area (Å²) < 4.78 is 12.5. The van der Waals surface area contributed by atoms with Crippen molar-refractivity contribution < 1.29 is 29.1 Å². The summed E-state index contributed by atoms with van der Waals surface area (Å²) in [5, 5.41) is 14.0. The average molecular weight is 493 g/mol. The zero-order valence-electron chi connectivity index (χ0n) is 21.5. The number of carbonyl (C=O) groups excluding carboxylic acids is 2. The molecular weight excluding hydrogens is 460 g/mol. The molecule has 0 bridgehead atoms. The number of rotatable bonds is 8. The number of hydrogen-bond acceptors (Lipinski definition) is 6. The molecule has 9 nitrogen and oxygen atoms in total. The van der Waals surface area contributed by atoms with Crippen LogP contribution in [0.4, 0.5) is 0 Å². The Bertz CT molecular complexity index is 1360. The molecule has 1 aromatic carbocycles. The number of aromatic nitrogens is 2. The lowest BCUT2D eigenvalue weighted by Crippen LogP contribution is -3.05. The third-order valence-electron chi connectivity index (χ3n) is 6.56. The summed E-state index contributed by atoms with van der Waals surface area (Å²) in [7, 11) is 7.11. The van der Waals surface area contributed by atoms with Crippen molar-refractivity contribution in [3.05, 3.63) is 64.6 Å². The van der Waals surface area contributed by atoms with Gasteiger partial charge < -0.3 is 28.8 Å². The van der Waals surface area contributed by atoms with Crippen molar-refractivity contribution in [2.24, 2.45) is 0 Å². The summed E-state index contributed by atoms with van der Waals surface area (Å²) >= 11 is 0. The fourth-order valence-corrected chi connectivity index (χ4v) is 4.79. The summed E-state index contributed by atoms with van der Waals surface area (Å²) in [5.41, 5.74) is 2.87. The number of amides is 1. The van der Waals surface area contributed by atoms with Gasteiger partial charge in [-0.05, 0) is 43.2 Å². The maximum atomic E-state index is 14.0. The first-order valence-electron chi connectivity index (χ1n) is 11.9. The Balaban J connectivity index is 1.92. The number of hydrogen-bond donors (Lipinski definition) is 1. The lowest BCUT2D eigenvalue weighted by atomic mass is 9.95. The number of nitrogens with zero attached hydrogens (tertiary/aromatic N) is 3. The number of carbonyl (C=O) groups is 2. The molecule has 9 heteroatoms. The second kappa shape index (κ2) is 10.0. The van der Waals surface area contributed by atoms with Gasteiger partial charge in [0.05, 0.1) is 52.3 Å². The average Bonchev–Trinajstić information content (AvgIpc) is 3.32. The number of ketones is 1. The van der Waals surface area contributed by atoms with E-state index in [0.29, 0.717) is 41.4 Å². The molecule has 1 saturated heterocycles. The first kappa shape index (κ1) is 25.2. The monoisotopic (exact) mass is 492 g/mol.